The zero-order valence-corrected chi connectivity index (χ0v) is 14.9. The third-order valence-corrected chi connectivity index (χ3v) is 4.68. The quantitative estimate of drug-likeness (QED) is 0.852. The Kier molecular flexibility index (Phi) is 3.91. The molecule has 0 saturated carbocycles. The van der Waals surface area contributed by atoms with E-state index in [0.717, 1.165) is 30.8 Å². The van der Waals surface area contributed by atoms with Gasteiger partial charge < -0.3 is 4.90 Å². The van der Waals surface area contributed by atoms with Crippen molar-refractivity contribution in [2.45, 2.75) is 58.4 Å². The molecule has 0 radical (unpaired) electrons. The van der Waals surface area contributed by atoms with Gasteiger partial charge in [-0.2, -0.15) is 0 Å². The Bertz CT molecular complexity index is 698. The van der Waals surface area contributed by atoms with Crippen LogP contribution in [0.1, 0.15) is 51.6 Å². The van der Waals surface area contributed by atoms with E-state index in [4.69, 9.17) is 4.98 Å². The largest absolute Gasteiger partial charge is 0.365 e. The smallest absolute Gasteiger partial charge is 0.0643 e. The monoisotopic (exact) mass is 309 g/mol. The first-order valence-corrected chi connectivity index (χ1v) is 8.44. The van der Waals surface area contributed by atoms with Gasteiger partial charge in [0, 0.05) is 42.0 Å². The summed E-state index contributed by atoms with van der Waals surface area (Å²) in [6, 6.07) is 8.74. The van der Waals surface area contributed by atoms with Gasteiger partial charge in [0.05, 0.1) is 11.4 Å². The fraction of sp³-hybridized carbons (Fsp3) is 0.500. The summed E-state index contributed by atoms with van der Waals surface area (Å²) in [5.74, 6) is 0. The van der Waals surface area contributed by atoms with E-state index in [1.165, 1.54) is 11.3 Å². The van der Waals surface area contributed by atoms with Gasteiger partial charge in [-0.1, -0.05) is 39.0 Å². The Balaban J connectivity index is 1.85. The van der Waals surface area contributed by atoms with Gasteiger partial charge in [0.1, 0.15) is 0 Å². The Labute approximate surface area is 139 Å². The highest BCUT2D eigenvalue weighted by Crippen LogP contribution is 2.34. The number of aromatic nitrogens is 2. The van der Waals surface area contributed by atoms with Crippen molar-refractivity contribution >= 4 is 5.69 Å². The molecular weight excluding hydrogens is 282 g/mol. The van der Waals surface area contributed by atoms with Gasteiger partial charge in [0.2, 0.25) is 0 Å². The lowest BCUT2D eigenvalue weighted by atomic mass is 9.91. The summed E-state index contributed by atoms with van der Waals surface area (Å²) >= 11 is 0. The minimum atomic E-state index is 0.0256. The van der Waals surface area contributed by atoms with Crippen LogP contribution < -0.4 is 4.90 Å². The molecule has 0 fully saturated rings. The molecule has 3 heteroatoms. The van der Waals surface area contributed by atoms with E-state index in [1.807, 2.05) is 12.4 Å². The van der Waals surface area contributed by atoms with E-state index in [-0.39, 0.29) is 11.0 Å². The van der Waals surface area contributed by atoms with Crippen molar-refractivity contribution in [3.8, 4) is 0 Å². The van der Waals surface area contributed by atoms with Gasteiger partial charge in [-0.3, -0.25) is 9.97 Å². The average Bonchev–Trinajstić information content (AvgIpc) is 2.91. The summed E-state index contributed by atoms with van der Waals surface area (Å²) in [6.45, 7) is 12.2. The third kappa shape index (κ3) is 3.24. The fourth-order valence-corrected chi connectivity index (χ4v) is 3.36. The molecule has 0 spiro atoms. The molecule has 0 bridgehead atoms. The third-order valence-electron chi connectivity index (χ3n) is 4.68. The summed E-state index contributed by atoms with van der Waals surface area (Å²) in [5.41, 5.74) is 5.03. The molecule has 1 aromatic carbocycles. The van der Waals surface area contributed by atoms with Gasteiger partial charge in [0.25, 0.3) is 0 Å². The van der Waals surface area contributed by atoms with Crippen LogP contribution in [-0.4, -0.2) is 22.1 Å². The van der Waals surface area contributed by atoms with Crippen molar-refractivity contribution in [1.82, 2.24) is 9.97 Å². The van der Waals surface area contributed by atoms with Crippen molar-refractivity contribution in [2.24, 2.45) is 0 Å². The maximum atomic E-state index is 4.87. The molecule has 3 nitrogen and oxygen atoms in total. The van der Waals surface area contributed by atoms with E-state index in [1.54, 1.807) is 0 Å². The molecular formula is C20H27N3. The first-order chi connectivity index (χ1) is 10.8. The number of hydrogen-bond acceptors (Lipinski definition) is 3. The van der Waals surface area contributed by atoms with Crippen LogP contribution in [-0.2, 0) is 18.3 Å². The maximum Gasteiger partial charge on any atom is 0.0643 e. The SMILES string of the molecule is CC(C)(C)c1cncc(CC(C)(C)N2CCc3ccccc32)n1. The van der Waals surface area contributed by atoms with Crippen LogP contribution in [0.2, 0.25) is 0 Å². The number of benzene rings is 1. The van der Waals surface area contributed by atoms with Crippen LogP contribution in [0.15, 0.2) is 36.7 Å². The second kappa shape index (κ2) is 5.63. The van der Waals surface area contributed by atoms with Crippen molar-refractivity contribution < 1.29 is 0 Å². The Hall–Kier alpha value is -1.90. The average molecular weight is 309 g/mol. The van der Waals surface area contributed by atoms with Gasteiger partial charge in [-0.25, -0.2) is 0 Å². The maximum absolute atomic E-state index is 4.87. The zero-order valence-electron chi connectivity index (χ0n) is 14.9. The first-order valence-electron chi connectivity index (χ1n) is 8.44. The molecule has 0 unspecified atom stereocenters. The number of nitrogens with zero attached hydrogens (tertiary/aromatic N) is 3. The van der Waals surface area contributed by atoms with Crippen molar-refractivity contribution in [2.75, 3.05) is 11.4 Å². The lowest BCUT2D eigenvalue weighted by molar-refractivity contribution is 0.458. The molecule has 1 aliphatic heterocycles. The predicted molar refractivity (Wildman–Crippen MR) is 96.0 cm³/mol. The summed E-state index contributed by atoms with van der Waals surface area (Å²) < 4.78 is 0. The molecule has 23 heavy (non-hydrogen) atoms. The Morgan fingerprint density at radius 3 is 2.52 bits per heavy atom. The van der Waals surface area contributed by atoms with Crippen molar-refractivity contribution in [3.63, 3.8) is 0 Å². The number of fused-ring (bicyclic) bond motifs is 1. The molecule has 2 heterocycles. The fourth-order valence-electron chi connectivity index (χ4n) is 3.36. The molecule has 122 valence electrons. The summed E-state index contributed by atoms with van der Waals surface area (Å²) in [4.78, 5) is 11.8. The molecule has 0 amide bonds. The number of anilines is 1. The van der Waals surface area contributed by atoms with E-state index in [2.05, 4.69) is 68.8 Å². The second-order valence-corrected chi connectivity index (χ2v) is 8.17. The van der Waals surface area contributed by atoms with Gasteiger partial charge in [0.15, 0.2) is 0 Å². The van der Waals surface area contributed by atoms with Crippen molar-refractivity contribution in [1.29, 1.82) is 0 Å². The Morgan fingerprint density at radius 1 is 1.04 bits per heavy atom. The summed E-state index contributed by atoms with van der Waals surface area (Å²) in [6.07, 6.45) is 5.84. The highest BCUT2D eigenvalue weighted by atomic mass is 15.2. The van der Waals surface area contributed by atoms with Crippen LogP contribution in [0, 0.1) is 0 Å². The van der Waals surface area contributed by atoms with E-state index >= 15 is 0 Å². The van der Waals surface area contributed by atoms with Gasteiger partial charge in [-0.05, 0) is 31.9 Å². The lowest BCUT2D eigenvalue weighted by Gasteiger charge is -2.38. The standard InChI is InChI=1S/C20H27N3/c1-19(2,3)18-14-21-13-16(22-18)12-20(4,5)23-11-10-15-8-6-7-9-17(15)23/h6-9,13-14H,10-12H2,1-5H3. The summed E-state index contributed by atoms with van der Waals surface area (Å²) in [7, 11) is 0. The summed E-state index contributed by atoms with van der Waals surface area (Å²) in [5, 5.41) is 0. The van der Waals surface area contributed by atoms with Crippen LogP contribution in [0.3, 0.4) is 0 Å². The van der Waals surface area contributed by atoms with E-state index in [0.29, 0.717) is 0 Å². The molecule has 0 N–H and O–H groups in total. The minimum absolute atomic E-state index is 0.0256. The normalized spacial score (nSPS) is 14.9. The molecule has 2 aromatic rings. The number of para-hydroxylation sites is 1. The van der Waals surface area contributed by atoms with E-state index < -0.39 is 0 Å². The second-order valence-electron chi connectivity index (χ2n) is 8.17. The molecule has 0 aliphatic carbocycles. The number of rotatable bonds is 3. The highest BCUT2D eigenvalue weighted by molar-refractivity contribution is 5.59. The van der Waals surface area contributed by atoms with Crippen LogP contribution >= 0.6 is 0 Å². The predicted octanol–water partition coefficient (Wildman–Crippen LogP) is 4.16. The van der Waals surface area contributed by atoms with Crippen LogP contribution in [0.4, 0.5) is 5.69 Å². The zero-order chi connectivity index (χ0) is 16.7. The molecule has 0 atom stereocenters. The van der Waals surface area contributed by atoms with Crippen LogP contribution in [0.5, 0.6) is 0 Å². The molecule has 1 aliphatic rings. The molecule has 3 rings (SSSR count). The highest BCUT2D eigenvalue weighted by Gasteiger charge is 2.32. The molecule has 0 saturated heterocycles. The first kappa shape index (κ1) is 16.0. The topological polar surface area (TPSA) is 29.0 Å². The number of hydrogen-bond donors (Lipinski definition) is 0. The Morgan fingerprint density at radius 2 is 1.78 bits per heavy atom. The van der Waals surface area contributed by atoms with Gasteiger partial charge >= 0.3 is 0 Å². The van der Waals surface area contributed by atoms with E-state index in [9.17, 15) is 0 Å². The lowest BCUT2D eigenvalue weighted by Crippen LogP contribution is -2.45. The van der Waals surface area contributed by atoms with Crippen molar-refractivity contribution in [3.05, 3.63) is 53.6 Å². The minimum Gasteiger partial charge on any atom is -0.365 e. The van der Waals surface area contributed by atoms with Crippen LogP contribution in [0.25, 0.3) is 0 Å². The van der Waals surface area contributed by atoms with Gasteiger partial charge in [-0.15, -0.1) is 0 Å². The molecule has 1 aromatic heterocycles.